The molecule has 0 amide bonds. The summed E-state index contributed by atoms with van der Waals surface area (Å²) in [5.74, 6) is 0. The lowest BCUT2D eigenvalue weighted by molar-refractivity contribution is 0.764. The monoisotopic (exact) mass is 247 g/mol. The fourth-order valence-electron chi connectivity index (χ4n) is 1.26. The van der Waals surface area contributed by atoms with Crippen LogP contribution in [0.5, 0.6) is 0 Å². The quantitative estimate of drug-likeness (QED) is 0.849. The Bertz CT molecular complexity index is 651. The minimum atomic E-state index is -0.293. The maximum absolute atomic E-state index is 11.2. The summed E-state index contributed by atoms with van der Waals surface area (Å²) in [5.41, 5.74) is 1.07. The van der Waals surface area contributed by atoms with Crippen molar-refractivity contribution >= 4 is 11.8 Å². The van der Waals surface area contributed by atoms with Crippen LogP contribution >= 0.6 is 11.8 Å². The smallest absolute Gasteiger partial charge is 0.273 e. The summed E-state index contributed by atoms with van der Waals surface area (Å²) in [5, 5.41) is 16.3. The van der Waals surface area contributed by atoms with E-state index >= 15 is 0 Å². The molecule has 0 aromatic carbocycles. The number of nitrogens with one attached hydrogen (secondary N) is 1. The molecule has 0 bridgehead atoms. The number of H-pyrrole nitrogens is 1. The molecule has 2 rings (SSSR count). The van der Waals surface area contributed by atoms with Gasteiger partial charge in [0.2, 0.25) is 0 Å². The first-order valence-corrected chi connectivity index (χ1v) is 5.60. The number of nitriles is 1. The molecule has 17 heavy (non-hydrogen) atoms. The van der Waals surface area contributed by atoms with Crippen LogP contribution in [-0.2, 0) is 7.05 Å². The Labute approximate surface area is 101 Å². The molecule has 0 spiro atoms. The second-order valence-electron chi connectivity index (χ2n) is 3.39. The molecule has 2 aromatic heterocycles. The third-order valence-corrected chi connectivity index (χ3v) is 3.31. The van der Waals surface area contributed by atoms with E-state index in [1.165, 1.54) is 16.3 Å². The lowest BCUT2D eigenvalue weighted by Gasteiger charge is -2.03. The number of nitrogens with zero attached hydrogens (tertiary/aromatic N) is 4. The molecular weight excluding hydrogens is 238 g/mol. The number of hydrogen-bond donors (Lipinski definition) is 1. The third-order valence-electron chi connectivity index (χ3n) is 2.26. The van der Waals surface area contributed by atoms with E-state index in [0.29, 0.717) is 15.7 Å². The van der Waals surface area contributed by atoms with Crippen molar-refractivity contribution in [1.82, 2.24) is 19.7 Å². The summed E-state index contributed by atoms with van der Waals surface area (Å²) in [6.07, 6.45) is 1.63. The van der Waals surface area contributed by atoms with Crippen LogP contribution in [0.15, 0.2) is 27.2 Å². The van der Waals surface area contributed by atoms with Crippen LogP contribution < -0.4 is 5.69 Å². The van der Waals surface area contributed by atoms with Gasteiger partial charge in [0.15, 0.2) is 5.16 Å². The van der Waals surface area contributed by atoms with E-state index in [-0.39, 0.29) is 5.69 Å². The number of aryl methyl sites for hydroxylation is 1. The van der Waals surface area contributed by atoms with Crippen LogP contribution in [-0.4, -0.2) is 19.7 Å². The van der Waals surface area contributed by atoms with E-state index in [1.54, 1.807) is 19.3 Å². The molecular formula is C10H9N5OS. The van der Waals surface area contributed by atoms with Crippen molar-refractivity contribution in [1.29, 1.82) is 5.26 Å². The Balaban J connectivity index is 2.44. The van der Waals surface area contributed by atoms with Gasteiger partial charge in [-0.05, 0) is 30.3 Å². The Kier molecular flexibility index (Phi) is 2.97. The molecule has 0 unspecified atom stereocenters. The zero-order chi connectivity index (χ0) is 12.4. The Morgan fingerprint density at radius 2 is 2.35 bits per heavy atom. The van der Waals surface area contributed by atoms with E-state index in [1.807, 2.05) is 6.92 Å². The van der Waals surface area contributed by atoms with Crippen LogP contribution in [0.2, 0.25) is 0 Å². The number of hydrogen-bond acceptors (Lipinski definition) is 5. The largest absolute Gasteiger partial charge is 0.343 e. The Hall–Kier alpha value is -2.07. The second kappa shape index (κ2) is 4.43. The van der Waals surface area contributed by atoms with Gasteiger partial charge >= 0.3 is 5.69 Å². The molecule has 0 aliphatic carbocycles. The van der Waals surface area contributed by atoms with E-state index in [2.05, 4.69) is 21.3 Å². The average Bonchev–Trinajstić information content (AvgIpc) is 2.61. The summed E-state index contributed by atoms with van der Waals surface area (Å²) in [7, 11) is 1.61. The van der Waals surface area contributed by atoms with Gasteiger partial charge in [0, 0.05) is 13.2 Å². The van der Waals surface area contributed by atoms with Crippen molar-refractivity contribution in [3.8, 4) is 6.07 Å². The lowest BCUT2D eigenvalue weighted by atomic mass is 10.2. The maximum Gasteiger partial charge on any atom is 0.343 e. The molecule has 2 heterocycles. The van der Waals surface area contributed by atoms with Crippen molar-refractivity contribution in [2.75, 3.05) is 0 Å². The minimum Gasteiger partial charge on any atom is -0.273 e. The fourth-order valence-corrected chi connectivity index (χ4v) is 2.16. The number of pyridine rings is 1. The molecule has 2 aromatic rings. The molecule has 0 atom stereocenters. The van der Waals surface area contributed by atoms with Gasteiger partial charge in [-0.25, -0.2) is 14.9 Å². The summed E-state index contributed by atoms with van der Waals surface area (Å²) in [6, 6.07) is 3.87. The van der Waals surface area contributed by atoms with Gasteiger partial charge in [-0.2, -0.15) is 5.26 Å². The fraction of sp³-hybridized carbons (Fsp3) is 0.200. The molecule has 1 N–H and O–H groups in total. The van der Waals surface area contributed by atoms with Crippen LogP contribution in [0.3, 0.4) is 0 Å². The van der Waals surface area contributed by atoms with E-state index in [4.69, 9.17) is 5.26 Å². The summed E-state index contributed by atoms with van der Waals surface area (Å²) in [6.45, 7) is 1.84. The van der Waals surface area contributed by atoms with Gasteiger partial charge in [-0.15, -0.1) is 5.10 Å². The molecule has 0 fully saturated rings. The Morgan fingerprint density at radius 3 is 2.94 bits per heavy atom. The van der Waals surface area contributed by atoms with Gasteiger partial charge < -0.3 is 0 Å². The van der Waals surface area contributed by atoms with E-state index in [9.17, 15) is 4.79 Å². The van der Waals surface area contributed by atoms with Crippen molar-refractivity contribution in [3.63, 3.8) is 0 Å². The highest BCUT2D eigenvalue weighted by Gasteiger charge is 2.12. The van der Waals surface area contributed by atoms with Crippen molar-refractivity contribution < 1.29 is 0 Å². The van der Waals surface area contributed by atoms with Crippen LogP contribution in [0.1, 0.15) is 11.1 Å². The summed E-state index contributed by atoms with van der Waals surface area (Å²) in [4.78, 5) is 15.3. The summed E-state index contributed by atoms with van der Waals surface area (Å²) >= 11 is 1.19. The van der Waals surface area contributed by atoms with Crippen molar-refractivity contribution in [2.45, 2.75) is 17.1 Å². The molecule has 0 radical (unpaired) electrons. The van der Waals surface area contributed by atoms with Crippen LogP contribution in [0.25, 0.3) is 0 Å². The highest BCUT2D eigenvalue weighted by atomic mass is 32.2. The second-order valence-corrected chi connectivity index (χ2v) is 4.35. The first kappa shape index (κ1) is 11.4. The van der Waals surface area contributed by atoms with Gasteiger partial charge in [-0.3, -0.25) is 4.57 Å². The average molecular weight is 247 g/mol. The first-order valence-electron chi connectivity index (χ1n) is 4.78. The van der Waals surface area contributed by atoms with Crippen LogP contribution in [0, 0.1) is 18.3 Å². The molecule has 0 saturated heterocycles. The highest BCUT2D eigenvalue weighted by Crippen LogP contribution is 2.26. The maximum atomic E-state index is 11.2. The zero-order valence-electron chi connectivity index (χ0n) is 9.26. The predicted octanol–water partition coefficient (Wildman–Crippen LogP) is 0.835. The number of rotatable bonds is 2. The first-order chi connectivity index (χ1) is 8.13. The zero-order valence-corrected chi connectivity index (χ0v) is 10.1. The number of aromatic amines is 1. The van der Waals surface area contributed by atoms with Crippen molar-refractivity contribution in [3.05, 3.63) is 33.9 Å². The lowest BCUT2D eigenvalue weighted by Crippen LogP contribution is -2.12. The van der Waals surface area contributed by atoms with E-state index < -0.39 is 0 Å². The minimum absolute atomic E-state index is 0.293. The molecule has 0 aliphatic rings. The molecule has 0 aliphatic heterocycles. The highest BCUT2D eigenvalue weighted by molar-refractivity contribution is 7.99. The Morgan fingerprint density at radius 1 is 1.59 bits per heavy atom. The van der Waals surface area contributed by atoms with Crippen LogP contribution in [0.4, 0.5) is 0 Å². The normalized spacial score (nSPS) is 10.2. The van der Waals surface area contributed by atoms with Crippen molar-refractivity contribution in [2.24, 2.45) is 7.05 Å². The molecule has 0 saturated carbocycles. The molecule has 86 valence electrons. The van der Waals surface area contributed by atoms with E-state index in [0.717, 1.165) is 5.56 Å². The molecule has 7 heteroatoms. The van der Waals surface area contributed by atoms with Gasteiger partial charge in [0.05, 0.1) is 5.56 Å². The third kappa shape index (κ3) is 2.07. The number of aromatic nitrogens is 4. The van der Waals surface area contributed by atoms with Gasteiger partial charge in [0.1, 0.15) is 11.1 Å². The van der Waals surface area contributed by atoms with Gasteiger partial charge in [-0.1, -0.05) is 0 Å². The van der Waals surface area contributed by atoms with Gasteiger partial charge in [0.25, 0.3) is 0 Å². The summed E-state index contributed by atoms with van der Waals surface area (Å²) < 4.78 is 1.37. The molecule has 6 nitrogen and oxygen atoms in total. The topological polar surface area (TPSA) is 87.4 Å². The predicted molar refractivity (Wildman–Crippen MR) is 61.6 cm³/mol. The standard InChI is InChI=1S/C10H9N5OS/c1-6-3-4-12-8(7(6)5-11)17-10-14-13-9(16)15(10)2/h3-4H,1-2H3,(H,13,16). The SMILES string of the molecule is Cc1ccnc(Sc2n[nH]c(=O)n2C)c1C#N.